The largest absolute Gasteiger partial charge is 0.492 e. The number of para-hydroxylation sites is 1. The second-order valence-corrected chi connectivity index (χ2v) is 4.36. The molecule has 0 amide bonds. The number of benzene rings is 1. The number of fused-ring (bicyclic) bond motifs is 1. The van der Waals surface area contributed by atoms with Gasteiger partial charge in [-0.15, -0.1) is 0 Å². The molecule has 15 heavy (non-hydrogen) atoms. The van der Waals surface area contributed by atoms with Crippen molar-refractivity contribution in [1.82, 2.24) is 0 Å². The molecule has 1 aliphatic rings. The Morgan fingerprint density at radius 1 is 1.40 bits per heavy atom. The summed E-state index contributed by atoms with van der Waals surface area (Å²) in [6, 6.07) is 6.07. The highest BCUT2D eigenvalue weighted by Crippen LogP contribution is 2.28. The minimum Gasteiger partial charge on any atom is -0.492 e. The van der Waals surface area contributed by atoms with Gasteiger partial charge in [0.15, 0.2) is 0 Å². The van der Waals surface area contributed by atoms with Crippen LogP contribution in [0.3, 0.4) is 0 Å². The Hall–Kier alpha value is -1.46. The van der Waals surface area contributed by atoms with Crippen molar-refractivity contribution >= 4 is 0 Å². The number of nitrogens with two attached hydrogens (primary N) is 1. The van der Waals surface area contributed by atoms with Crippen molar-refractivity contribution in [3.8, 4) is 17.6 Å². The van der Waals surface area contributed by atoms with Crippen molar-refractivity contribution in [2.24, 2.45) is 5.73 Å². The molecule has 1 heterocycles. The molecular formula is C13H15NO. The first kappa shape index (κ1) is 10.1. The average molecular weight is 201 g/mol. The molecule has 0 unspecified atom stereocenters. The van der Waals surface area contributed by atoms with Crippen LogP contribution in [0.4, 0.5) is 0 Å². The lowest BCUT2D eigenvalue weighted by atomic mass is 10.1. The summed E-state index contributed by atoms with van der Waals surface area (Å²) >= 11 is 0. The molecule has 78 valence electrons. The van der Waals surface area contributed by atoms with E-state index >= 15 is 0 Å². The molecule has 1 aromatic carbocycles. The lowest BCUT2D eigenvalue weighted by Gasteiger charge is -2.08. The number of ether oxygens (including phenoxy) is 1. The van der Waals surface area contributed by atoms with Crippen molar-refractivity contribution in [3.05, 3.63) is 29.3 Å². The summed E-state index contributed by atoms with van der Waals surface area (Å²) in [6.45, 7) is 4.55. The third-order valence-electron chi connectivity index (χ3n) is 2.23. The Morgan fingerprint density at radius 3 is 2.93 bits per heavy atom. The monoisotopic (exact) mass is 201 g/mol. The third kappa shape index (κ3) is 2.31. The van der Waals surface area contributed by atoms with Crippen molar-refractivity contribution in [3.63, 3.8) is 0 Å². The summed E-state index contributed by atoms with van der Waals surface area (Å²) in [4.78, 5) is 0. The van der Waals surface area contributed by atoms with Gasteiger partial charge < -0.3 is 10.5 Å². The molecule has 2 heteroatoms. The molecule has 0 atom stereocenters. The van der Waals surface area contributed by atoms with E-state index in [4.69, 9.17) is 10.5 Å². The Labute approximate surface area is 90.4 Å². The first-order valence-electron chi connectivity index (χ1n) is 5.13. The summed E-state index contributed by atoms with van der Waals surface area (Å²) in [6.07, 6.45) is 0.983. The van der Waals surface area contributed by atoms with E-state index in [9.17, 15) is 0 Å². The summed E-state index contributed by atoms with van der Waals surface area (Å²) < 4.78 is 5.55. The van der Waals surface area contributed by atoms with Gasteiger partial charge in [-0.1, -0.05) is 24.0 Å². The first-order valence-corrected chi connectivity index (χ1v) is 5.13. The van der Waals surface area contributed by atoms with E-state index in [-0.39, 0.29) is 0 Å². The van der Waals surface area contributed by atoms with Gasteiger partial charge >= 0.3 is 0 Å². The molecule has 0 saturated heterocycles. The zero-order chi connectivity index (χ0) is 10.9. The van der Waals surface area contributed by atoms with Crippen LogP contribution in [0.15, 0.2) is 18.2 Å². The SMILES string of the molecule is CC(C)(N)C#Cc1cccc2c1OCC2. The smallest absolute Gasteiger partial charge is 0.138 e. The summed E-state index contributed by atoms with van der Waals surface area (Å²) in [5.41, 5.74) is 7.55. The molecule has 1 aromatic rings. The molecule has 0 spiro atoms. The quantitative estimate of drug-likeness (QED) is 0.648. The molecule has 0 aliphatic carbocycles. The molecule has 1 aliphatic heterocycles. The van der Waals surface area contributed by atoms with E-state index in [1.165, 1.54) is 5.56 Å². The second-order valence-electron chi connectivity index (χ2n) is 4.36. The van der Waals surface area contributed by atoms with Gasteiger partial charge in [0, 0.05) is 6.42 Å². The van der Waals surface area contributed by atoms with Gasteiger partial charge in [0.1, 0.15) is 5.75 Å². The fourth-order valence-electron chi connectivity index (χ4n) is 1.54. The predicted molar refractivity (Wildman–Crippen MR) is 60.8 cm³/mol. The minimum absolute atomic E-state index is 0.457. The van der Waals surface area contributed by atoms with E-state index in [1.54, 1.807) is 0 Å². The highest BCUT2D eigenvalue weighted by molar-refractivity contribution is 5.52. The minimum atomic E-state index is -0.457. The van der Waals surface area contributed by atoms with Gasteiger partial charge in [0.2, 0.25) is 0 Å². The van der Waals surface area contributed by atoms with Crippen LogP contribution in [0.5, 0.6) is 5.75 Å². The van der Waals surface area contributed by atoms with Gasteiger partial charge in [-0.25, -0.2) is 0 Å². The maximum atomic E-state index is 5.81. The lowest BCUT2D eigenvalue weighted by molar-refractivity contribution is 0.356. The van der Waals surface area contributed by atoms with E-state index < -0.39 is 5.54 Å². The Morgan fingerprint density at radius 2 is 2.20 bits per heavy atom. The highest BCUT2D eigenvalue weighted by atomic mass is 16.5. The van der Waals surface area contributed by atoms with Crippen LogP contribution in [0.25, 0.3) is 0 Å². The van der Waals surface area contributed by atoms with Crippen LogP contribution in [-0.2, 0) is 6.42 Å². The standard InChI is InChI=1S/C13H15NO/c1-13(2,14)8-6-10-4-3-5-11-7-9-15-12(10)11/h3-5H,7,9,14H2,1-2H3. The molecule has 2 N–H and O–H groups in total. The molecule has 2 rings (SSSR count). The van der Waals surface area contributed by atoms with Gasteiger partial charge in [-0.3, -0.25) is 0 Å². The van der Waals surface area contributed by atoms with Gasteiger partial charge in [0.25, 0.3) is 0 Å². The Bertz CT molecular complexity index is 432. The number of hydrogen-bond donors (Lipinski definition) is 1. The van der Waals surface area contributed by atoms with Gasteiger partial charge in [-0.05, 0) is 25.5 Å². The summed E-state index contributed by atoms with van der Waals surface area (Å²) in [5, 5.41) is 0. The van der Waals surface area contributed by atoms with Crippen LogP contribution in [0, 0.1) is 11.8 Å². The highest BCUT2D eigenvalue weighted by Gasteiger charge is 2.14. The van der Waals surface area contributed by atoms with Crippen LogP contribution in [0.1, 0.15) is 25.0 Å². The second kappa shape index (κ2) is 3.60. The zero-order valence-electron chi connectivity index (χ0n) is 9.13. The van der Waals surface area contributed by atoms with Crippen LogP contribution < -0.4 is 10.5 Å². The van der Waals surface area contributed by atoms with Crippen LogP contribution in [-0.4, -0.2) is 12.1 Å². The van der Waals surface area contributed by atoms with Gasteiger partial charge in [0.05, 0.1) is 17.7 Å². The summed E-state index contributed by atoms with van der Waals surface area (Å²) in [5.74, 6) is 7.04. The maximum absolute atomic E-state index is 5.81. The van der Waals surface area contributed by atoms with Crippen molar-refractivity contribution in [2.45, 2.75) is 25.8 Å². The van der Waals surface area contributed by atoms with E-state index in [0.717, 1.165) is 24.3 Å². The molecular weight excluding hydrogens is 186 g/mol. The van der Waals surface area contributed by atoms with E-state index in [2.05, 4.69) is 17.9 Å². The molecule has 0 fully saturated rings. The van der Waals surface area contributed by atoms with Crippen molar-refractivity contribution in [1.29, 1.82) is 0 Å². The molecule has 0 radical (unpaired) electrons. The lowest BCUT2D eigenvalue weighted by Crippen LogP contribution is -2.29. The first-order chi connectivity index (χ1) is 7.06. The topological polar surface area (TPSA) is 35.2 Å². The predicted octanol–water partition coefficient (Wildman–Crippen LogP) is 1.71. The van der Waals surface area contributed by atoms with E-state index in [0.29, 0.717) is 0 Å². The summed E-state index contributed by atoms with van der Waals surface area (Å²) in [7, 11) is 0. The molecule has 2 nitrogen and oxygen atoms in total. The zero-order valence-corrected chi connectivity index (χ0v) is 9.13. The fourth-order valence-corrected chi connectivity index (χ4v) is 1.54. The molecule has 0 saturated carbocycles. The molecule has 0 aromatic heterocycles. The van der Waals surface area contributed by atoms with Gasteiger partial charge in [-0.2, -0.15) is 0 Å². The fraction of sp³-hybridized carbons (Fsp3) is 0.385. The van der Waals surface area contributed by atoms with Crippen molar-refractivity contribution < 1.29 is 4.74 Å². The van der Waals surface area contributed by atoms with Crippen LogP contribution >= 0.6 is 0 Å². The van der Waals surface area contributed by atoms with Crippen LogP contribution in [0.2, 0.25) is 0 Å². The maximum Gasteiger partial charge on any atom is 0.138 e. The normalized spacial score (nSPS) is 13.8. The third-order valence-corrected chi connectivity index (χ3v) is 2.23. The van der Waals surface area contributed by atoms with Crippen molar-refractivity contribution in [2.75, 3.05) is 6.61 Å². The molecule has 0 bridgehead atoms. The number of hydrogen-bond acceptors (Lipinski definition) is 2. The average Bonchev–Trinajstić information content (AvgIpc) is 2.61. The van der Waals surface area contributed by atoms with E-state index in [1.807, 2.05) is 26.0 Å². The Kier molecular flexibility index (Phi) is 2.42. The Balaban J connectivity index is 2.37. The number of rotatable bonds is 0.